The molecule has 1 aliphatic carbocycles. The van der Waals surface area contributed by atoms with Crippen LogP contribution in [0.2, 0.25) is 0 Å². The summed E-state index contributed by atoms with van der Waals surface area (Å²) >= 11 is 0. The van der Waals surface area contributed by atoms with Gasteiger partial charge in [0.05, 0.1) is 11.4 Å². The summed E-state index contributed by atoms with van der Waals surface area (Å²) in [6, 6.07) is 0. The molecular weight excluding hydrogens is 290 g/mol. The van der Waals surface area contributed by atoms with Crippen molar-refractivity contribution in [3.05, 3.63) is 11.6 Å². The molecule has 7 heteroatoms. The lowest BCUT2D eigenvalue weighted by Crippen LogP contribution is -2.45. The Balaban J connectivity index is 1.75. The Morgan fingerprint density at radius 1 is 1.33 bits per heavy atom. The van der Waals surface area contributed by atoms with Crippen molar-refractivity contribution in [2.75, 3.05) is 5.75 Å². The molecule has 6 nitrogen and oxygen atoms in total. The Bertz CT molecular complexity index is 625. The first kappa shape index (κ1) is 15.0. The molecule has 2 heterocycles. The van der Waals surface area contributed by atoms with Crippen molar-refractivity contribution < 1.29 is 13.5 Å². The molecule has 0 bridgehead atoms. The van der Waals surface area contributed by atoms with E-state index in [0.29, 0.717) is 12.2 Å². The largest absolute Gasteiger partial charge is 0.389 e. The lowest BCUT2D eigenvalue weighted by atomic mass is 9.78. The molecule has 0 saturated heterocycles. The summed E-state index contributed by atoms with van der Waals surface area (Å²) in [5.74, 6) is 1.16. The van der Waals surface area contributed by atoms with E-state index in [2.05, 4.69) is 10.2 Å². The molecule has 1 aromatic rings. The highest BCUT2D eigenvalue weighted by molar-refractivity contribution is 7.90. The third-order valence-corrected chi connectivity index (χ3v) is 6.56. The first-order valence-electron chi connectivity index (χ1n) is 7.73. The van der Waals surface area contributed by atoms with Crippen LogP contribution in [0.25, 0.3) is 0 Å². The normalized spacial score (nSPS) is 29.5. The van der Waals surface area contributed by atoms with Gasteiger partial charge in [0.15, 0.2) is 9.84 Å². The van der Waals surface area contributed by atoms with Crippen LogP contribution in [0.4, 0.5) is 0 Å². The molecule has 0 amide bonds. The van der Waals surface area contributed by atoms with Gasteiger partial charge in [-0.15, -0.1) is 10.2 Å². The number of hydrogen-bond acceptors (Lipinski definition) is 5. The van der Waals surface area contributed by atoms with Crippen LogP contribution in [0, 0.1) is 5.92 Å². The second-order valence-corrected chi connectivity index (χ2v) is 8.63. The summed E-state index contributed by atoms with van der Waals surface area (Å²) in [6.07, 6.45) is 5.31. The lowest BCUT2D eigenvalue weighted by molar-refractivity contribution is -0.0207. The third-order valence-electron chi connectivity index (χ3n) is 4.92. The first-order valence-corrected chi connectivity index (χ1v) is 9.55. The summed E-state index contributed by atoms with van der Waals surface area (Å²) < 4.78 is 26.9. The van der Waals surface area contributed by atoms with E-state index in [1.54, 1.807) is 0 Å². The monoisotopic (exact) mass is 313 g/mol. The quantitative estimate of drug-likeness (QED) is 0.899. The molecule has 3 rings (SSSR count). The van der Waals surface area contributed by atoms with Gasteiger partial charge in [-0.3, -0.25) is 0 Å². The molecule has 1 fully saturated rings. The maximum Gasteiger partial charge on any atom is 0.160 e. The zero-order chi connectivity index (χ0) is 15.1. The van der Waals surface area contributed by atoms with E-state index in [4.69, 9.17) is 0 Å². The second kappa shape index (κ2) is 5.35. The smallest absolute Gasteiger partial charge is 0.160 e. The topological polar surface area (TPSA) is 85.1 Å². The zero-order valence-corrected chi connectivity index (χ0v) is 13.3. The minimum absolute atomic E-state index is 0.0325. The van der Waals surface area contributed by atoms with Gasteiger partial charge in [-0.2, -0.15) is 0 Å². The van der Waals surface area contributed by atoms with Gasteiger partial charge in [0.25, 0.3) is 0 Å². The fourth-order valence-corrected chi connectivity index (χ4v) is 5.46. The SMILES string of the molecule is CC1CCCCC1(O)CS(=O)(=O)Cc1nnc2n1CCC2. The number of aliphatic hydroxyl groups is 1. The highest BCUT2D eigenvalue weighted by atomic mass is 32.2. The number of rotatable bonds is 4. The van der Waals surface area contributed by atoms with Crippen LogP contribution in [0.15, 0.2) is 0 Å². The van der Waals surface area contributed by atoms with Crippen LogP contribution in [0.1, 0.15) is 50.7 Å². The van der Waals surface area contributed by atoms with Crippen molar-refractivity contribution in [3.8, 4) is 0 Å². The molecule has 0 aromatic carbocycles. The molecule has 0 radical (unpaired) electrons. The van der Waals surface area contributed by atoms with Crippen molar-refractivity contribution in [2.24, 2.45) is 5.92 Å². The molecule has 2 atom stereocenters. The van der Waals surface area contributed by atoms with E-state index in [-0.39, 0.29) is 17.4 Å². The number of fused-ring (bicyclic) bond motifs is 1. The van der Waals surface area contributed by atoms with Gasteiger partial charge < -0.3 is 9.67 Å². The third kappa shape index (κ3) is 2.99. The average Bonchev–Trinajstić information content (AvgIpc) is 2.97. The van der Waals surface area contributed by atoms with Crippen LogP contribution in [-0.2, 0) is 28.6 Å². The van der Waals surface area contributed by atoms with Gasteiger partial charge in [-0.05, 0) is 25.2 Å². The predicted molar refractivity (Wildman–Crippen MR) is 78.4 cm³/mol. The van der Waals surface area contributed by atoms with Gasteiger partial charge in [-0.1, -0.05) is 19.8 Å². The number of aromatic nitrogens is 3. The Hall–Kier alpha value is -0.950. The van der Waals surface area contributed by atoms with E-state index in [1.165, 1.54) is 0 Å². The molecule has 1 aliphatic heterocycles. The maximum atomic E-state index is 12.5. The molecule has 118 valence electrons. The van der Waals surface area contributed by atoms with E-state index in [9.17, 15) is 13.5 Å². The van der Waals surface area contributed by atoms with Gasteiger partial charge >= 0.3 is 0 Å². The summed E-state index contributed by atoms with van der Waals surface area (Å²) in [7, 11) is -3.39. The number of hydrogen-bond donors (Lipinski definition) is 1. The predicted octanol–water partition coefficient (Wildman–Crippen LogP) is 1.08. The van der Waals surface area contributed by atoms with Crippen LogP contribution in [-0.4, -0.2) is 39.6 Å². The summed E-state index contributed by atoms with van der Waals surface area (Å²) in [5.41, 5.74) is -1.08. The number of nitrogens with zero attached hydrogens (tertiary/aromatic N) is 3. The molecule has 2 aliphatic rings. The van der Waals surface area contributed by atoms with Gasteiger partial charge in [-0.25, -0.2) is 8.42 Å². The van der Waals surface area contributed by atoms with Crippen molar-refractivity contribution in [1.82, 2.24) is 14.8 Å². The summed E-state index contributed by atoms with van der Waals surface area (Å²) in [5, 5.41) is 18.7. The van der Waals surface area contributed by atoms with E-state index >= 15 is 0 Å². The first-order chi connectivity index (χ1) is 9.90. The standard InChI is InChI=1S/C14H23N3O3S/c1-11-5-2-3-7-14(11,18)10-21(19,20)9-13-16-15-12-6-4-8-17(12)13/h11,18H,2-10H2,1H3. The average molecular weight is 313 g/mol. The van der Waals surface area contributed by atoms with Crippen LogP contribution in [0.5, 0.6) is 0 Å². The summed E-state index contributed by atoms with van der Waals surface area (Å²) in [4.78, 5) is 0. The van der Waals surface area contributed by atoms with Gasteiger partial charge in [0.1, 0.15) is 17.4 Å². The summed E-state index contributed by atoms with van der Waals surface area (Å²) in [6.45, 7) is 2.75. The van der Waals surface area contributed by atoms with E-state index in [1.807, 2.05) is 11.5 Å². The molecular formula is C14H23N3O3S. The Morgan fingerprint density at radius 3 is 2.90 bits per heavy atom. The Morgan fingerprint density at radius 2 is 2.14 bits per heavy atom. The number of sulfone groups is 1. The minimum atomic E-state index is -3.39. The highest BCUT2D eigenvalue weighted by Crippen LogP contribution is 2.35. The zero-order valence-electron chi connectivity index (χ0n) is 12.5. The molecule has 1 aromatic heterocycles. The Labute approximate surface area is 125 Å². The van der Waals surface area contributed by atoms with Crippen LogP contribution < -0.4 is 0 Å². The fraction of sp³-hybridized carbons (Fsp3) is 0.857. The van der Waals surface area contributed by atoms with Gasteiger partial charge in [0.2, 0.25) is 0 Å². The second-order valence-electron chi connectivity index (χ2n) is 6.57. The van der Waals surface area contributed by atoms with Crippen molar-refractivity contribution >= 4 is 9.84 Å². The molecule has 0 spiro atoms. The van der Waals surface area contributed by atoms with Crippen molar-refractivity contribution in [3.63, 3.8) is 0 Å². The van der Waals surface area contributed by atoms with Crippen molar-refractivity contribution in [1.29, 1.82) is 0 Å². The van der Waals surface area contributed by atoms with Gasteiger partial charge in [0, 0.05) is 13.0 Å². The minimum Gasteiger partial charge on any atom is -0.389 e. The molecule has 2 unspecified atom stereocenters. The number of aryl methyl sites for hydroxylation is 1. The maximum absolute atomic E-state index is 12.5. The Kier molecular flexibility index (Phi) is 3.81. The van der Waals surface area contributed by atoms with Crippen LogP contribution in [0.3, 0.4) is 0 Å². The van der Waals surface area contributed by atoms with Crippen molar-refractivity contribution in [2.45, 2.75) is 63.3 Å². The lowest BCUT2D eigenvalue weighted by Gasteiger charge is -2.37. The molecule has 1 N–H and O–H groups in total. The van der Waals surface area contributed by atoms with E-state index < -0.39 is 15.4 Å². The fourth-order valence-electron chi connectivity index (χ4n) is 3.56. The molecule has 21 heavy (non-hydrogen) atoms. The highest BCUT2D eigenvalue weighted by Gasteiger charge is 2.40. The van der Waals surface area contributed by atoms with Crippen LogP contribution >= 0.6 is 0 Å². The molecule has 1 saturated carbocycles. The van der Waals surface area contributed by atoms with E-state index in [0.717, 1.165) is 44.5 Å².